The number of rotatable bonds is 4. The minimum absolute atomic E-state index is 0.129. The summed E-state index contributed by atoms with van der Waals surface area (Å²) in [7, 11) is 1.61. The SMILES string of the molecule is C=C1C=C(C(=O)NN)C=C(Oc2ccc(O)cc2)N1C=NC. The van der Waals surface area contributed by atoms with Crippen molar-refractivity contribution in [2.24, 2.45) is 10.8 Å². The van der Waals surface area contributed by atoms with Gasteiger partial charge in [-0.1, -0.05) is 6.58 Å². The molecule has 4 N–H and O–H groups in total. The van der Waals surface area contributed by atoms with E-state index in [1.54, 1.807) is 30.2 Å². The normalized spacial score (nSPS) is 14.6. The Morgan fingerprint density at radius 3 is 2.68 bits per heavy atom. The lowest BCUT2D eigenvalue weighted by molar-refractivity contribution is -0.117. The summed E-state index contributed by atoms with van der Waals surface area (Å²) in [5.74, 6) is 5.64. The molecular formula is C15H16N4O3. The number of aromatic hydroxyl groups is 1. The third-order valence-electron chi connectivity index (χ3n) is 2.83. The Balaban J connectivity index is 2.35. The molecular weight excluding hydrogens is 284 g/mol. The standard InChI is InChI=1S/C15H16N4O3/c1-10-7-11(15(21)18-16)8-14(19(10)9-17-2)22-13-5-3-12(20)4-6-13/h3-9,20H,1,16H2,2H3,(H,18,21). The van der Waals surface area contributed by atoms with Gasteiger partial charge in [-0.15, -0.1) is 0 Å². The largest absolute Gasteiger partial charge is 0.508 e. The average molecular weight is 300 g/mol. The highest BCUT2D eigenvalue weighted by molar-refractivity contribution is 5.97. The second-order valence-electron chi connectivity index (χ2n) is 4.39. The Morgan fingerprint density at radius 2 is 2.09 bits per heavy atom. The van der Waals surface area contributed by atoms with Crippen molar-refractivity contribution in [3.05, 3.63) is 60.1 Å². The highest BCUT2D eigenvalue weighted by Crippen LogP contribution is 2.25. The summed E-state index contributed by atoms with van der Waals surface area (Å²) in [4.78, 5) is 17.2. The number of nitrogens with zero attached hydrogens (tertiary/aromatic N) is 2. The molecule has 0 spiro atoms. The Morgan fingerprint density at radius 1 is 1.41 bits per heavy atom. The molecule has 7 heteroatoms. The molecule has 0 bridgehead atoms. The van der Waals surface area contributed by atoms with E-state index in [4.69, 9.17) is 10.6 Å². The van der Waals surface area contributed by atoms with Crippen LogP contribution in [-0.4, -0.2) is 29.3 Å². The number of carbonyl (C=O) groups is 1. The third-order valence-corrected chi connectivity index (χ3v) is 2.83. The van der Waals surface area contributed by atoms with Gasteiger partial charge in [0.1, 0.15) is 11.5 Å². The van der Waals surface area contributed by atoms with Crippen molar-refractivity contribution in [3.8, 4) is 11.5 Å². The van der Waals surface area contributed by atoms with Crippen LogP contribution in [0.5, 0.6) is 11.5 Å². The number of phenolic OH excluding ortho intramolecular Hbond substituents is 1. The van der Waals surface area contributed by atoms with Crippen LogP contribution in [0.25, 0.3) is 0 Å². The number of aliphatic imine (C=N–C) groups is 1. The zero-order valence-corrected chi connectivity index (χ0v) is 12.0. The van der Waals surface area contributed by atoms with Crippen molar-refractivity contribution in [2.75, 3.05) is 7.05 Å². The van der Waals surface area contributed by atoms with Crippen LogP contribution in [0.1, 0.15) is 0 Å². The van der Waals surface area contributed by atoms with Crippen molar-refractivity contribution in [1.29, 1.82) is 0 Å². The maximum absolute atomic E-state index is 11.7. The molecule has 114 valence electrons. The van der Waals surface area contributed by atoms with Gasteiger partial charge in [-0.2, -0.15) is 0 Å². The maximum Gasteiger partial charge on any atom is 0.265 e. The molecule has 1 aromatic carbocycles. The topological polar surface area (TPSA) is 100 Å². The molecule has 1 aromatic rings. The second kappa shape index (κ2) is 6.59. The van der Waals surface area contributed by atoms with Crippen LogP contribution in [0.3, 0.4) is 0 Å². The summed E-state index contributed by atoms with van der Waals surface area (Å²) in [5, 5.41) is 9.30. The van der Waals surface area contributed by atoms with Crippen LogP contribution in [-0.2, 0) is 4.79 Å². The van der Waals surface area contributed by atoms with Crippen LogP contribution in [0.4, 0.5) is 0 Å². The van der Waals surface area contributed by atoms with Crippen molar-refractivity contribution >= 4 is 12.2 Å². The average Bonchev–Trinajstić information content (AvgIpc) is 2.51. The molecule has 1 aliphatic heterocycles. The number of nitrogens with two attached hydrogens (primary N) is 1. The molecule has 0 fully saturated rings. The number of allylic oxidation sites excluding steroid dienone is 1. The van der Waals surface area contributed by atoms with E-state index in [-0.39, 0.29) is 5.75 Å². The van der Waals surface area contributed by atoms with Gasteiger partial charge < -0.3 is 9.84 Å². The highest BCUT2D eigenvalue weighted by atomic mass is 16.5. The summed E-state index contributed by atoms with van der Waals surface area (Å²) in [5.41, 5.74) is 2.87. The van der Waals surface area contributed by atoms with Gasteiger partial charge >= 0.3 is 0 Å². The predicted molar refractivity (Wildman–Crippen MR) is 82.6 cm³/mol. The molecule has 1 aliphatic rings. The molecule has 0 aromatic heterocycles. The lowest BCUT2D eigenvalue weighted by atomic mass is 10.1. The number of hydrogen-bond donors (Lipinski definition) is 3. The molecule has 0 aliphatic carbocycles. The van der Waals surface area contributed by atoms with E-state index in [0.717, 1.165) is 0 Å². The van der Waals surface area contributed by atoms with Gasteiger partial charge in [-0.05, 0) is 30.3 Å². The number of benzene rings is 1. The van der Waals surface area contributed by atoms with E-state index >= 15 is 0 Å². The predicted octanol–water partition coefficient (Wildman–Crippen LogP) is 1.02. The molecule has 0 saturated heterocycles. The summed E-state index contributed by atoms with van der Waals surface area (Å²) in [6.45, 7) is 3.86. The van der Waals surface area contributed by atoms with Crippen LogP contribution < -0.4 is 16.0 Å². The van der Waals surface area contributed by atoms with Crippen molar-refractivity contribution in [1.82, 2.24) is 10.3 Å². The number of nitrogens with one attached hydrogen (secondary N) is 1. The van der Waals surface area contributed by atoms with E-state index in [9.17, 15) is 9.90 Å². The minimum Gasteiger partial charge on any atom is -0.508 e. The van der Waals surface area contributed by atoms with Crippen molar-refractivity contribution in [2.45, 2.75) is 0 Å². The van der Waals surface area contributed by atoms with Gasteiger partial charge in [-0.3, -0.25) is 20.1 Å². The number of phenols is 1. The molecule has 0 atom stereocenters. The molecule has 0 unspecified atom stereocenters. The van der Waals surface area contributed by atoms with E-state index in [1.807, 2.05) is 0 Å². The Labute approximate surface area is 127 Å². The fourth-order valence-electron chi connectivity index (χ4n) is 1.81. The first kappa shape index (κ1) is 15.3. The van der Waals surface area contributed by atoms with Crippen LogP contribution in [0.15, 0.2) is 65.1 Å². The minimum atomic E-state index is -0.457. The van der Waals surface area contributed by atoms with Gasteiger partial charge in [0, 0.05) is 24.4 Å². The van der Waals surface area contributed by atoms with Gasteiger partial charge in [0.05, 0.1) is 6.34 Å². The first-order valence-corrected chi connectivity index (χ1v) is 6.37. The number of hydrogen-bond acceptors (Lipinski definition) is 5. The Bertz CT molecular complexity index is 675. The number of carbonyl (C=O) groups excluding carboxylic acids is 1. The lowest BCUT2D eigenvalue weighted by Crippen LogP contribution is -2.34. The number of amides is 1. The van der Waals surface area contributed by atoms with Crippen LogP contribution in [0, 0.1) is 0 Å². The Hall–Kier alpha value is -3.06. The second-order valence-corrected chi connectivity index (χ2v) is 4.39. The van der Waals surface area contributed by atoms with E-state index in [2.05, 4.69) is 17.0 Å². The molecule has 2 rings (SSSR count). The smallest absolute Gasteiger partial charge is 0.265 e. The molecule has 1 heterocycles. The molecule has 0 radical (unpaired) electrons. The summed E-state index contributed by atoms with van der Waals surface area (Å²) < 4.78 is 5.73. The summed E-state index contributed by atoms with van der Waals surface area (Å²) >= 11 is 0. The fraction of sp³-hybridized carbons (Fsp3) is 0.0667. The monoisotopic (exact) mass is 300 g/mol. The van der Waals surface area contributed by atoms with E-state index in [1.165, 1.54) is 24.5 Å². The highest BCUT2D eigenvalue weighted by Gasteiger charge is 2.21. The molecule has 22 heavy (non-hydrogen) atoms. The Kier molecular flexibility index (Phi) is 4.60. The number of ether oxygens (including phenoxy) is 1. The first-order valence-electron chi connectivity index (χ1n) is 6.37. The third kappa shape index (κ3) is 3.33. The summed E-state index contributed by atoms with van der Waals surface area (Å²) in [6.07, 6.45) is 4.60. The van der Waals surface area contributed by atoms with Crippen LogP contribution in [0.2, 0.25) is 0 Å². The molecule has 0 saturated carbocycles. The quantitative estimate of drug-likeness (QED) is 0.253. The van der Waals surface area contributed by atoms with Gasteiger partial charge in [-0.25, -0.2) is 5.84 Å². The first-order chi connectivity index (χ1) is 10.5. The lowest BCUT2D eigenvalue weighted by Gasteiger charge is -2.26. The fourth-order valence-corrected chi connectivity index (χ4v) is 1.81. The molecule has 7 nitrogen and oxygen atoms in total. The number of hydrazine groups is 1. The maximum atomic E-state index is 11.7. The van der Waals surface area contributed by atoms with Gasteiger partial charge in [0.25, 0.3) is 5.91 Å². The van der Waals surface area contributed by atoms with Gasteiger partial charge in [0.15, 0.2) is 0 Å². The summed E-state index contributed by atoms with van der Waals surface area (Å²) in [6, 6.07) is 6.19. The van der Waals surface area contributed by atoms with Crippen molar-refractivity contribution in [3.63, 3.8) is 0 Å². The van der Waals surface area contributed by atoms with Gasteiger partial charge in [0.2, 0.25) is 5.88 Å². The zero-order chi connectivity index (χ0) is 16.1. The zero-order valence-electron chi connectivity index (χ0n) is 12.0. The van der Waals surface area contributed by atoms with E-state index in [0.29, 0.717) is 22.9 Å². The van der Waals surface area contributed by atoms with E-state index < -0.39 is 5.91 Å². The molecule has 1 amide bonds. The van der Waals surface area contributed by atoms with Crippen LogP contribution >= 0.6 is 0 Å². The van der Waals surface area contributed by atoms with Crippen molar-refractivity contribution < 1.29 is 14.6 Å².